The van der Waals surface area contributed by atoms with Crippen LogP contribution in [-0.4, -0.2) is 19.0 Å². The number of nitrogens with one attached hydrogen (secondary N) is 2. The molecule has 1 heterocycles. The molecule has 122 valence electrons. The van der Waals surface area contributed by atoms with E-state index >= 15 is 0 Å². The molecule has 0 saturated heterocycles. The highest BCUT2D eigenvalue weighted by Crippen LogP contribution is 2.11. The molecular formula is C17H15N3O4. The fourth-order valence-electron chi connectivity index (χ4n) is 1.80. The maximum atomic E-state index is 11.9. The first kappa shape index (κ1) is 16.8. The molecule has 1 aromatic heterocycles. The van der Waals surface area contributed by atoms with Gasteiger partial charge in [-0.15, -0.1) is 0 Å². The maximum absolute atomic E-state index is 11.9. The third-order valence-corrected chi connectivity index (χ3v) is 3.06. The molecular weight excluding hydrogens is 310 g/mol. The second-order valence-electron chi connectivity index (χ2n) is 4.65. The molecule has 0 fully saturated rings. The van der Waals surface area contributed by atoms with Gasteiger partial charge in [-0.25, -0.2) is 4.79 Å². The number of carbonyl (C=O) groups excluding carboxylic acids is 2. The van der Waals surface area contributed by atoms with Crippen LogP contribution in [0.3, 0.4) is 0 Å². The van der Waals surface area contributed by atoms with Gasteiger partial charge in [0.15, 0.2) is 0 Å². The number of benzene rings is 1. The van der Waals surface area contributed by atoms with Gasteiger partial charge in [-0.1, -0.05) is 0 Å². The standard InChI is InChI=1S/C17H15N3O4/c1-23-17(22)12-4-6-14(7-5-12)19-10-13(9-18)16(21)20-11-15-3-2-8-24-15/h2-8,10,19H,11H2,1H3,(H,20,21)/b13-10+. The first-order valence-electron chi connectivity index (χ1n) is 7.00. The van der Waals surface area contributed by atoms with Gasteiger partial charge in [0.05, 0.1) is 25.5 Å². The summed E-state index contributed by atoms with van der Waals surface area (Å²) < 4.78 is 9.70. The number of esters is 1. The molecule has 1 amide bonds. The fourth-order valence-corrected chi connectivity index (χ4v) is 1.80. The molecule has 0 aliphatic carbocycles. The van der Waals surface area contributed by atoms with E-state index in [1.54, 1.807) is 36.4 Å². The van der Waals surface area contributed by atoms with Crippen molar-refractivity contribution in [2.45, 2.75) is 6.54 Å². The largest absolute Gasteiger partial charge is 0.467 e. The van der Waals surface area contributed by atoms with Gasteiger partial charge in [-0.3, -0.25) is 4.79 Å². The van der Waals surface area contributed by atoms with Crippen LogP contribution in [0, 0.1) is 11.3 Å². The van der Waals surface area contributed by atoms with Gasteiger partial charge in [-0.2, -0.15) is 5.26 Å². The smallest absolute Gasteiger partial charge is 0.337 e. The van der Waals surface area contributed by atoms with Gasteiger partial charge in [-0.05, 0) is 36.4 Å². The third kappa shape index (κ3) is 4.48. The Kier molecular flexibility index (Phi) is 5.75. The Hall–Kier alpha value is -3.53. The minimum Gasteiger partial charge on any atom is -0.467 e. The second-order valence-corrected chi connectivity index (χ2v) is 4.65. The second kappa shape index (κ2) is 8.19. The van der Waals surface area contributed by atoms with Crippen LogP contribution < -0.4 is 10.6 Å². The monoisotopic (exact) mass is 325 g/mol. The van der Waals surface area contributed by atoms with E-state index < -0.39 is 11.9 Å². The summed E-state index contributed by atoms with van der Waals surface area (Å²) >= 11 is 0. The molecule has 2 rings (SSSR count). The van der Waals surface area contributed by atoms with E-state index in [9.17, 15) is 9.59 Å². The van der Waals surface area contributed by atoms with Crippen LogP contribution in [0.5, 0.6) is 0 Å². The zero-order chi connectivity index (χ0) is 17.4. The van der Waals surface area contributed by atoms with Crippen LogP contribution in [0.4, 0.5) is 5.69 Å². The van der Waals surface area contributed by atoms with Crippen molar-refractivity contribution in [1.29, 1.82) is 5.26 Å². The van der Waals surface area contributed by atoms with E-state index in [-0.39, 0.29) is 12.1 Å². The van der Waals surface area contributed by atoms with Crippen molar-refractivity contribution >= 4 is 17.6 Å². The summed E-state index contributed by atoms with van der Waals surface area (Å²) in [6.45, 7) is 0.193. The number of methoxy groups -OCH3 is 1. The number of hydrogen-bond donors (Lipinski definition) is 2. The number of amides is 1. The number of furan rings is 1. The van der Waals surface area contributed by atoms with Gasteiger partial charge < -0.3 is 19.8 Å². The number of ether oxygens (including phenoxy) is 1. The summed E-state index contributed by atoms with van der Waals surface area (Å²) in [4.78, 5) is 23.3. The SMILES string of the molecule is COC(=O)c1ccc(N/C=C(\C#N)C(=O)NCc2ccco2)cc1. The minimum absolute atomic E-state index is 0.0846. The predicted octanol–water partition coefficient (Wildman–Crippen LogP) is 2.20. The topological polar surface area (TPSA) is 104 Å². The Balaban J connectivity index is 1.96. The Morgan fingerprint density at radius 1 is 1.29 bits per heavy atom. The summed E-state index contributed by atoms with van der Waals surface area (Å²) in [5.41, 5.74) is 0.941. The molecule has 0 spiro atoms. The molecule has 0 aliphatic heterocycles. The Morgan fingerprint density at radius 2 is 2.04 bits per heavy atom. The van der Waals surface area contributed by atoms with Crippen LogP contribution in [0.1, 0.15) is 16.1 Å². The normalized spacial score (nSPS) is 10.6. The van der Waals surface area contributed by atoms with E-state index in [4.69, 9.17) is 9.68 Å². The molecule has 0 radical (unpaired) electrons. The lowest BCUT2D eigenvalue weighted by Gasteiger charge is -2.05. The Morgan fingerprint density at radius 3 is 2.62 bits per heavy atom. The number of carbonyl (C=O) groups is 2. The van der Waals surface area contributed by atoms with Crippen molar-refractivity contribution in [3.05, 3.63) is 65.8 Å². The van der Waals surface area contributed by atoms with Gasteiger partial charge in [0.2, 0.25) is 0 Å². The van der Waals surface area contributed by atoms with Crippen molar-refractivity contribution < 1.29 is 18.7 Å². The molecule has 7 heteroatoms. The van der Waals surface area contributed by atoms with E-state index in [1.165, 1.54) is 19.6 Å². The lowest BCUT2D eigenvalue weighted by Crippen LogP contribution is -2.24. The molecule has 2 aromatic rings. The zero-order valence-corrected chi connectivity index (χ0v) is 12.9. The van der Waals surface area contributed by atoms with Crippen LogP contribution in [0.25, 0.3) is 0 Å². The van der Waals surface area contributed by atoms with E-state index in [2.05, 4.69) is 15.4 Å². The first-order valence-corrected chi connectivity index (χ1v) is 7.00. The molecule has 2 N–H and O–H groups in total. The number of hydrogen-bond acceptors (Lipinski definition) is 6. The van der Waals surface area contributed by atoms with Crippen LogP contribution in [0.2, 0.25) is 0 Å². The highest BCUT2D eigenvalue weighted by Gasteiger charge is 2.09. The number of rotatable bonds is 6. The van der Waals surface area contributed by atoms with E-state index in [0.29, 0.717) is 17.0 Å². The Labute approximate surface area is 138 Å². The summed E-state index contributed by atoms with van der Waals surface area (Å²) in [5.74, 6) is -0.369. The highest BCUT2D eigenvalue weighted by atomic mass is 16.5. The average molecular weight is 325 g/mol. The average Bonchev–Trinajstić information content (AvgIpc) is 3.14. The lowest BCUT2D eigenvalue weighted by molar-refractivity contribution is -0.117. The van der Waals surface area contributed by atoms with Crippen molar-refractivity contribution in [2.24, 2.45) is 0 Å². The lowest BCUT2D eigenvalue weighted by atomic mass is 10.2. The Bertz CT molecular complexity index is 771. The summed E-state index contributed by atoms with van der Waals surface area (Å²) in [6.07, 6.45) is 2.80. The number of anilines is 1. The molecule has 0 unspecified atom stereocenters. The van der Waals surface area contributed by atoms with Gasteiger partial charge in [0, 0.05) is 11.9 Å². The molecule has 0 saturated carbocycles. The van der Waals surface area contributed by atoms with Crippen LogP contribution >= 0.6 is 0 Å². The van der Waals surface area contributed by atoms with Gasteiger partial charge >= 0.3 is 5.97 Å². The van der Waals surface area contributed by atoms with Crippen molar-refractivity contribution in [1.82, 2.24) is 5.32 Å². The molecule has 0 atom stereocenters. The predicted molar refractivity (Wildman–Crippen MR) is 85.7 cm³/mol. The van der Waals surface area contributed by atoms with Crippen LogP contribution in [0.15, 0.2) is 58.9 Å². The van der Waals surface area contributed by atoms with Crippen molar-refractivity contribution in [2.75, 3.05) is 12.4 Å². The van der Waals surface area contributed by atoms with Crippen molar-refractivity contribution in [3.8, 4) is 6.07 Å². The summed E-state index contributed by atoms with van der Waals surface area (Å²) in [7, 11) is 1.30. The van der Waals surface area contributed by atoms with Gasteiger partial charge in [0.1, 0.15) is 17.4 Å². The van der Waals surface area contributed by atoms with Crippen LogP contribution in [-0.2, 0) is 16.1 Å². The summed E-state index contributed by atoms with van der Waals surface area (Å²) in [6, 6.07) is 11.7. The molecule has 1 aromatic carbocycles. The maximum Gasteiger partial charge on any atom is 0.337 e. The third-order valence-electron chi connectivity index (χ3n) is 3.06. The molecule has 24 heavy (non-hydrogen) atoms. The van der Waals surface area contributed by atoms with E-state index in [1.807, 2.05) is 6.07 Å². The molecule has 0 aliphatic rings. The van der Waals surface area contributed by atoms with E-state index in [0.717, 1.165) is 0 Å². The quantitative estimate of drug-likeness (QED) is 0.479. The first-order chi connectivity index (χ1) is 11.6. The highest BCUT2D eigenvalue weighted by molar-refractivity contribution is 5.97. The van der Waals surface area contributed by atoms with Gasteiger partial charge in [0.25, 0.3) is 5.91 Å². The molecule has 7 nitrogen and oxygen atoms in total. The minimum atomic E-state index is -0.521. The number of nitrogens with zero attached hydrogens (tertiary/aromatic N) is 1. The molecule has 0 bridgehead atoms. The zero-order valence-electron chi connectivity index (χ0n) is 12.9. The summed E-state index contributed by atoms with van der Waals surface area (Å²) in [5, 5.41) is 14.5. The van der Waals surface area contributed by atoms with Crippen molar-refractivity contribution in [3.63, 3.8) is 0 Å². The number of nitriles is 1. The fraction of sp³-hybridized carbons (Fsp3) is 0.118.